The van der Waals surface area contributed by atoms with Crippen LogP contribution in [0.3, 0.4) is 0 Å². The minimum absolute atomic E-state index is 0.0941. The summed E-state index contributed by atoms with van der Waals surface area (Å²) in [6.45, 7) is 7.02. The zero-order chi connectivity index (χ0) is 15.2. The summed E-state index contributed by atoms with van der Waals surface area (Å²) in [5.74, 6) is 0.779. The molecular formula is C14H23N5O2. The van der Waals surface area contributed by atoms with E-state index in [0.717, 1.165) is 50.2 Å². The van der Waals surface area contributed by atoms with Crippen molar-refractivity contribution in [3.05, 3.63) is 16.8 Å². The number of anilines is 1. The highest BCUT2D eigenvalue weighted by Crippen LogP contribution is 2.24. The number of aromatic nitrogens is 2. The summed E-state index contributed by atoms with van der Waals surface area (Å²) in [6.07, 6.45) is 2.46. The SMILES string of the molecule is CCc1nnc(N2CCCOCC2)c(C(N)=NO)c1CC. The summed E-state index contributed by atoms with van der Waals surface area (Å²) < 4.78 is 5.47. The number of rotatable bonds is 4. The predicted molar refractivity (Wildman–Crippen MR) is 80.9 cm³/mol. The molecule has 7 nitrogen and oxygen atoms in total. The van der Waals surface area contributed by atoms with Crippen molar-refractivity contribution in [1.82, 2.24) is 10.2 Å². The van der Waals surface area contributed by atoms with Crippen molar-refractivity contribution < 1.29 is 9.94 Å². The molecule has 1 aromatic rings. The first-order chi connectivity index (χ1) is 10.2. The molecule has 0 radical (unpaired) electrons. The molecule has 1 aliphatic rings. The summed E-state index contributed by atoms with van der Waals surface area (Å²) >= 11 is 0. The van der Waals surface area contributed by atoms with Gasteiger partial charge in [0.25, 0.3) is 0 Å². The maximum Gasteiger partial charge on any atom is 0.174 e. The van der Waals surface area contributed by atoms with E-state index < -0.39 is 0 Å². The molecule has 1 saturated heterocycles. The van der Waals surface area contributed by atoms with Gasteiger partial charge in [-0.05, 0) is 24.8 Å². The molecule has 0 amide bonds. The van der Waals surface area contributed by atoms with Crippen molar-refractivity contribution in [2.45, 2.75) is 33.1 Å². The van der Waals surface area contributed by atoms with Crippen LogP contribution in [0, 0.1) is 0 Å². The monoisotopic (exact) mass is 293 g/mol. The lowest BCUT2D eigenvalue weighted by molar-refractivity contribution is 0.152. The van der Waals surface area contributed by atoms with Gasteiger partial charge in [0, 0.05) is 19.7 Å². The lowest BCUT2D eigenvalue weighted by Crippen LogP contribution is -2.31. The Morgan fingerprint density at radius 1 is 1.29 bits per heavy atom. The smallest absolute Gasteiger partial charge is 0.174 e. The van der Waals surface area contributed by atoms with E-state index in [1.165, 1.54) is 0 Å². The normalized spacial score (nSPS) is 16.9. The Hall–Kier alpha value is -1.89. The second-order valence-electron chi connectivity index (χ2n) is 4.97. The summed E-state index contributed by atoms with van der Waals surface area (Å²) in [5.41, 5.74) is 8.52. The Balaban J connectivity index is 2.53. The summed E-state index contributed by atoms with van der Waals surface area (Å²) in [4.78, 5) is 2.10. The highest BCUT2D eigenvalue weighted by Gasteiger charge is 2.23. The molecule has 0 atom stereocenters. The van der Waals surface area contributed by atoms with Gasteiger partial charge < -0.3 is 20.6 Å². The van der Waals surface area contributed by atoms with Crippen LogP contribution in [0.25, 0.3) is 0 Å². The topological polar surface area (TPSA) is 96.9 Å². The largest absolute Gasteiger partial charge is 0.409 e. The van der Waals surface area contributed by atoms with Crippen molar-refractivity contribution >= 4 is 11.7 Å². The van der Waals surface area contributed by atoms with E-state index in [2.05, 4.69) is 20.3 Å². The molecule has 0 aromatic carbocycles. The molecular weight excluding hydrogens is 270 g/mol. The summed E-state index contributed by atoms with van der Waals surface area (Å²) in [7, 11) is 0. The minimum Gasteiger partial charge on any atom is -0.409 e. The lowest BCUT2D eigenvalue weighted by Gasteiger charge is -2.24. The lowest BCUT2D eigenvalue weighted by atomic mass is 10.0. The Morgan fingerprint density at radius 3 is 2.76 bits per heavy atom. The van der Waals surface area contributed by atoms with Crippen LogP contribution < -0.4 is 10.6 Å². The van der Waals surface area contributed by atoms with E-state index in [-0.39, 0.29) is 5.84 Å². The summed E-state index contributed by atoms with van der Waals surface area (Å²) in [5, 5.41) is 21.0. The molecule has 0 unspecified atom stereocenters. The Bertz CT molecular complexity index is 510. The summed E-state index contributed by atoms with van der Waals surface area (Å²) in [6, 6.07) is 0. The number of aryl methyl sites for hydroxylation is 1. The van der Waals surface area contributed by atoms with Crippen LogP contribution in [0.2, 0.25) is 0 Å². The first-order valence-corrected chi connectivity index (χ1v) is 7.41. The number of hydrogen-bond acceptors (Lipinski definition) is 6. The van der Waals surface area contributed by atoms with E-state index >= 15 is 0 Å². The third kappa shape index (κ3) is 3.24. The van der Waals surface area contributed by atoms with Crippen LogP contribution in [0.15, 0.2) is 5.16 Å². The Morgan fingerprint density at radius 2 is 2.10 bits per heavy atom. The molecule has 0 spiro atoms. The second kappa shape index (κ2) is 7.21. The average molecular weight is 293 g/mol. The van der Waals surface area contributed by atoms with Gasteiger partial charge in [0.05, 0.1) is 17.9 Å². The van der Waals surface area contributed by atoms with Crippen molar-refractivity contribution in [3.8, 4) is 0 Å². The van der Waals surface area contributed by atoms with Gasteiger partial charge >= 0.3 is 0 Å². The molecule has 1 fully saturated rings. The number of amidine groups is 1. The third-order valence-corrected chi connectivity index (χ3v) is 3.71. The van der Waals surface area contributed by atoms with Crippen LogP contribution in [0.1, 0.15) is 37.1 Å². The zero-order valence-electron chi connectivity index (χ0n) is 12.7. The molecule has 3 N–H and O–H groups in total. The minimum atomic E-state index is 0.0941. The molecule has 0 aliphatic carbocycles. The van der Waals surface area contributed by atoms with Crippen LogP contribution in [0.5, 0.6) is 0 Å². The van der Waals surface area contributed by atoms with Crippen molar-refractivity contribution in [2.75, 3.05) is 31.2 Å². The van der Waals surface area contributed by atoms with Crippen LogP contribution in [-0.2, 0) is 17.6 Å². The van der Waals surface area contributed by atoms with Gasteiger partial charge in [-0.25, -0.2) is 0 Å². The predicted octanol–water partition coefficient (Wildman–Crippen LogP) is 0.923. The highest BCUT2D eigenvalue weighted by molar-refractivity contribution is 6.03. The number of ether oxygens (including phenoxy) is 1. The fourth-order valence-corrected chi connectivity index (χ4v) is 2.66. The molecule has 2 rings (SSSR count). The van der Waals surface area contributed by atoms with Crippen LogP contribution in [0.4, 0.5) is 5.82 Å². The molecule has 1 aromatic heterocycles. The van der Waals surface area contributed by atoms with E-state index in [0.29, 0.717) is 18.0 Å². The number of nitrogens with zero attached hydrogens (tertiary/aromatic N) is 4. The number of nitrogens with two attached hydrogens (primary N) is 1. The van der Waals surface area contributed by atoms with Gasteiger partial charge in [0.15, 0.2) is 11.7 Å². The quantitative estimate of drug-likeness (QED) is 0.371. The van der Waals surface area contributed by atoms with E-state index in [1.54, 1.807) is 0 Å². The van der Waals surface area contributed by atoms with E-state index in [9.17, 15) is 0 Å². The molecule has 21 heavy (non-hydrogen) atoms. The van der Waals surface area contributed by atoms with E-state index in [1.807, 2.05) is 13.8 Å². The molecule has 2 heterocycles. The highest BCUT2D eigenvalue weighted by atomic mass is 16.5. The first-order valence-electron chi connectivity index (χ1n) is 7.41. The molecule has 1 aliphatic heterocycles. The number of hydrogen-bond donors (Lipinski definition) is 2. The second-order valence-corrected chi connectivity index (χ2v) is 4.97. The van der Waals surface area contributed by atoms with Crippen molar-refractivity contribution in [2.24, 2.45) is 10.9 Å². The molecule has 116 valence electrons. The maximum atomic E-state index is 9.12. The molecule has 0 bridgehead atoms. The third-order valence-electron chi connectivity index (χ3n) is 3.71. The average Bonchev–Trinajstić information content (AvgIpc) is 2.81. The van der Waals surface area contributed by atoms with Gasteiger partial charge in [-0.2, -0.15) is 5.10 Å². The van der Waals surface area contributed by atoms with Gasteiger partial charge in [0.1, 0.15) is 0 Å². The fourth-order valence-electron chi connectivity index (χ4n) is 2.66. The fraction of sp³-hybridized carbons (Fsp3) is 0.643. The van der Waals surface area contributed by atoms with Gasteiger partial charge in [-0.1, -0.05) is 19.0 Å². The van der Waals surface area contributed by atoms with Crippen LogP contribution >= 0.6 is 0 Å². The molecule has 0 saturated carbocycles. The van der Waals surface area contributed by atoms with Gasteiger partial charge in [-0.15, -0.1) is 5.10 Å². The Kier molecular flexibility index (Phi) is 5.32. The Labute approximate surface area is 124 Å². The van der Waals surface area contributed by atoms with Gasteiger partial charge in [0.2, 0.25) is 0 Å². The first kappa shape index (κ1) is 15.5. The standard InChI is InChI=1S/C14H23N5O2/c1-3-10-11(4-2)16-17-14(12(10)13(15)18-20)19-6-5-8-21-9-7-19/h20H,3-9H2,1-2H3,(H2,15,18). The van der Waals surface area contributed by atoms with Crippen LogP contribution in [-0.4, -0.2) is 47.5 Å². The maximum absolute atomic E-state index is 9.12. The van der Waals surface area contributed by atoms with Gasteiger partial charge in [-0.3, -0.25) is 0 Å². The molecule has 7 heteroatoms. The van der Waals surface area contributed by atoms with E-state index in [4.69, 9.17) is 15.7 Å². The van der Waals surface area contributed by atoms with Crippen molar-refractivity contribution in [1.29, 1.82) is 0 Å². The zero-order valence-corrected chi connectivity index (χ0v) is 12.7. The van der Waals surface area contributed by atoms with Crippen molar-refractivity contribution in [3.63, 3.8) is 0 Å². The number of oxime groups is 1.